The maximum Gasteiger partial charge on any atom is 0.123 e. The lowest BCUT2D eigenvalue weighted by Gasteiger charge is -2.27. The van der Waals surface area contributed by atoms with Crippen molar-refractivity contribution in [1.29, 1.82) is 0 Å². The first kappa shape index (κ1) is 11.0. The molecule has 14 heavy (non-hydrogen) atoms. The van der Waals surface area contributed by atoms with Crippen LogP contribution in [0.15, 0.2) is 24.3 Å². The molecule has 3 nitrogen and oxygen atoms in total. The summed E-state index contributed by atoms with van der Waals surface area (Å²) in [6, 6.07) is 7.00. The van der Waals surface area contributed by atoms with E-state index in [2.05, 4.69) is 0 Å². The van der Waals surface area contributed by atoms with Gasteiger partial charge < -0.3 is 15.6 Å². The molecule has 0 saturated carbocycles. The zero-order valence-electron chi connectivity index (χ0n) is 8.82. The smallest absolute Gasteiger partial charge is 0.123 e. The first-order valence-electron chi connectivity index (χ1n) is 4.57. The summed E-state index contributed by atoms with van der Waals surface area (Å²) in [7, 11) is 1.59. The molecule has 0 aliphatic heterocycles. The van der Waals surface area contributed by atoms with Gasteiger partial charge in [-0.25, -0.2) is 0 Å². The van der Waals surface area contributed by atoms with E-state index in [0.29, 0.717) is 5.75 Å². The average molecular weight is 195 g/mol. The fourth-order valence-electron chi connectivity index (χ4n) is 1.30. The number of benzene rings is 1. The molecule has 0 aliphatic carbocycles. The van der Waals surface area contributed by atoms with Crippen molar-refractivity contribution in [2.45, 2.75) is 25.5 Å². The van der Waals surface area contributed by atoms with Crippen molar-refractivity contribution in [3.8, 4) is 5.75 Å². The first-order valence-corrected chi connectivity index (χ1v) is 4.57. The van der Waals surface area contributed by atoms with Gasteiger partial charge in [0.05, 0.1) is 18.8 Å². The van der Waals surface area contributed by atoms with Crippen LogP contribution in [-0.2, 0) is 0 Å². The van der Waals surface area contributed by atoms with Gasteiger partial charge in [-0.3, -0.25) is 0 Å². The molecule has 0 aromatic heterocycles. The number of hydrogen-bond acceptors (Lipinski definition) is 3. The van der Waals surface area contributed by atoms with Gasteiger partial charge in [0.1, 0.15) is 5.75 Å². The van der Waals surface area contributed by atoms with Crippen molar-refractivity contribution < 1.29 is 9.84 Å². The molecule has 0 spiro atoms. The summed E-state index contributed by atoms with van der Waals surface area (Å²) in [5.74, 6) is 0.710. The molecule has 1 atom stereocenters. The molecular weight excluding hydrogens is 178 g/mol. The Morgan fingerprint density at radius 1 is 1.36 bits per heavy atom. The molecule has 1 aromatic rings. The van der Waals surface area contributed by atoms with E-state index in [1.54, 1.807) is 21.0 Å². The van der Waals surface area contributed by atoms with Crippen LogP contribution in [0.2, 0.25) is 0 Å². The molecule has 1 rings (SSSR count). The third-order valence-electron chi connectivity index (χ3n) is 2.24. The van der Waals surface area contributed by atoms with E-state index in [0.717, 1.165) is 5.56 Å². The summed E-state index contributed by atoms with van der Waals surface area (Å²) >= 11 is 0. The van der Waals surface area contributed by atoms with Crippen molar-refractivity contribution in [3.63, 3.8) is 0 Å². The first-order chi connectivity index (χ1) is 6.46. The van der Waals surface area contributed by atoms with Crippen molar-refractivity contribution in [3.05, 3.63) is 29.8 Å². The van der Waals surface area contributed by atoms with Gasteiger partial charge in [0.15, 0.2) is 0 Å². The van der Waals surface area contributed by atoms with Gasteiger partial charge >= 0.3 is 0 Å². The Balaban J connectivity index is 3.06. The molecule has 0 radical (unpaired) electrons. The quantitative estimate of drug-likeness (QED) is 0.767. The van der Waals surface area contributed by atoms with Gasteiger partial charge in [0, 0.05) is 5.56 Å². The highest BCUT2D eigenvalue weighted by molar-refractivity contribution is 5.36. The molecule has 0 heterocycles. The molecule has 78 valence electrons. The topological polar surface area (TPSA) is 55.5 Å². The van der Waals surface area contributed by atoms with Gasteiger partial charge in [-0.05, 0) is 19.9 Å². The minimum atomic E-state index is -0.950. The second-order valence-electron chi connectivity index (χ2n) is 3.87. The predicted molar refractivity (Wildman–Crippen MR) is 56.2 cm³/mol. The number of rotatable bonds is 3. The van der Waals surface area contributed by atoms with E-state index < -0.39 is 11.6 Å². The molecule has 0 amide bonds. The lowest BCUT2D eigenvalue weighted by molar-refractivity contribution is 0.0508. The number of methoxy groups -OCH3 is 1. The van der Waals surface area contributed by atoms with E-state index in [4.69, 9.17) is 10.5 Å². The van der Waals surface area contributed by atoms with Crippen LogP contribution in [0.1, 0.15) is 25.5 Å². The summed E-state index contributed by atoms with van der Waals surface area (Å²) in [6.45, 7) is 3.37. The summed E-state index contributed by atoms with van der Waals surface area (Å²) in [5, 5.41) is 9.78. The lowest BCUT2D eigenvalue weighted by atomic mass is 9.92. The summed E-state index contributed by atoms with van der Waals surface area (Å²) in [6.07, 6.45) is 0. The van der Waals surface area contributed by atoms with E-state index in [1.165, 1.54) is 0 Å². The van der Waals surface area contributed by atoms with Crippen LogP contribution in [0.25, 0.3) is 0 Å². The van der Waals surface area contributed by atoms with Crippen LogP contribution in [-0.4, -0.2) is 17.8 Å². The highest BCUT2D eigenvalue weighted by Crippen LogP contribution is 2.29. The van der Waals surface area contributed by atoms with Crippen molar-refractivity contribution >= 4 is 0 Å². The van der Waals surface area contributed by atoms with Crippen LogP contribution in [0.5, 0.6) is 5.75 Å². The highest BCUT2D eigenvalue weighted by Gasteiger charge is 2.26. The Labute approximate surface area is 84.5 Å². The largest absolute Gasteiger partial charge is 0.496 e. The average Bonchev–Trinajstić information content (AvgIpc) is 2.15. The molecule has 1 aromatic carbocycles. The molecular formula is C11H17NO2. The summed E-state index contributed by atoms with van der Waals surface area (Å²) in [4.78, 5) is 0. The van der Waals surface area contributed by atoms with Crippen LogP contribution in [0.4, 0.5) is 0 Å². The number of aliphatic hydroxyl groups is 1. The molecule has 0 bridgehead atoms. The fourth-order valence-corrected chi connectivity index (χ4v) is 1.30. The normalized spacial score (nSPS) is 13.8. The second-order valence-corrected chi connectivity index (χ2v) is 3.87. The minimum Gasteiger partial charge on any atom is -0.496 e. The SMILES string of the molecule is COc1ccccc1[C@@H](N)C(C)(C)O. The number of para-hydroxylation sites is 1. The van der Waals surface area contributed by atoms with Crippen LogP contribution in [0.3, 0.4) is 0 Å². The number of hydrogen-bond donors (Lipinski definition) is 2. The van der Waals surface area contributed by atoms with Gasteiger partial charge in [-0.1, -0.05) is 18.2 Å². The molecule has 0 fully saturated rings. The van der Waals surface area contributed by atoms with Crippen molar-refractivity contribution in [1.82, 2.24) is 0 Å². The van der Waals surface area contributed by atoms with E-state index in [1.807, 2.05) is 24.3 Å². The third-order valence-corrected chi connectivity index (χ3v) is 2.24. The zero-order chi connectivity index (χ0) is 10.8. The predicted octanol–water partition coefficient (Wildman–Crippen LogP) is 1.47. The number of ether oxygens (including phenoxy) is 1. The summed E-state index contributed by atoms with van der Waals surface area (Å²) < 4.78 is 5.17. The molecule has 3 heteroatoms. The van der Waals surface area contributed by atoms with Crippen LogP contribution >= 0.6 is 0 Å². The van der Waals surface area contributed by atoms with Crippen molar-refractivity contribution in [2.75, 3.05) is 7.11 Å². The standard InChI is InChI=1S/C11H17NO2/c1-11(2,13)10(12)8-6-4-5-7-9(8)14-3/h4-7,10,13H,12H2,1-3H3/t10-/m1/s1. The fraction of sp³-hybridized carbons (Fsp3) is 0.455. The van der Waals surface area contributed by atoms with Gasteiger partial charge in [-0.15, -0.1) is 0 Å². The molecule has 3 N–H and O–H groups in total. The summed E-state index contributed by atoms with van der Waals surface area (Å²) in [5.41, 5.74) is 5.79. The third kappa shape index (κ3) is 2.25. The maximum absolute atomic E-state index is 9.78. The van der Waals surface area contributed by atoms with Gasteiger partial charge in [0.25, 0.3) is 0 Å². The van der Waals surface area contributed by atoms with Crippen LogP contribution in [0, 0.1) is 0 Å². The van der Waals surface area contributed by atoms with Gasteiger partial charge in [0.2, 0.25) is 0 Å². The molecule has 0 aliphatic rings. The zero-order valence-corrected chi connectivity index (χ0v) is 8.82. The second kappa shape index (κ2) is 3.98. The van der Waals surface area contributed by atoms with Crippen molar-refractivity contribution in [2.24, 2.45) is 5.73 Å². The molecule has 0 saturated heterocycles. The monoisotopic (exact) mass is 195 g/mol. The Morgan fingerprint density at radius 2 is 1.93 bits per heavy atom. The van der Waals surface area contributed by atoms with Crippen LogP contribution < -0.4 is 10.5 Å². The Morgan fingerprint density at radius 3 is 2.43 bits per heavy atom. The Hall–Kier alpha value is -1.06. The van der Waals surface area contributed by atoms with E-state index in [-0.39, 0.29) is 0 Å². The van der Waals surface area contributed by atoms with Gasteiger partial charge in [-0.2, -0.15) is 0 Å². The Bertz CT molecular complexity index is 304. The molecule has 0 unspecified atom stereocenters. The van der Waals surface area contributed by atoms with E-state index in [9.17, 15) is 5.11 Å². The van der Waals surface area contributed by atoms with E-state index >= 15 is 0 Å². The maximum atomic E-state index is 9.78. The number of nitrogens with two attached hydrogens (primary N) is 1. The minimum absolute atomic E-state index is 0.446. The highest BCUT2D eigenvalue weighted by atomic mass is 16.5. The lowest BCUT2D eigenvalue weighted by Crippen LogP contribution is -2.35. The Kier molecular flexibility index (Phi) is 3.13.